The molecule has 0 spiro atoms. The number of rotatable bonds is 24. The summed E-state index contributed by atoms with van der Waals surface area (Å²) >= 11 is 0. The number of aliphatic hydroxyl groups excluding tert-OH is 1. The van der Waals surface area contributed by atoms with E-state index in [9.17, 15) is 5.11 Å². The molecule has 3 nitrogen and oxygen atoms in total. The monoisotopic (exact) mass is 422 g/mol. The van der Waals surface area contributed by atoms with Crippen LogP contribution in [0, 0.1) is 0 Å². The maximum atomic E-state index is 9.86. The van der Waals surface area contributed by atoms with Gasteiger partial charge in [-0.3, -0.25) is 0 Å². The molecule has 0 aliphatic carbocycles. The molecule has 0 aromatic rings. The van der Waals surface area contributed by atoms with E-state index in [0.717, 1.165) is 6.42 Å². The van der Waals surface area contributed by atoms with Gasteiger partial charge >= 0.3 is 0 Å². The molecule has 0 aliphatic rings. The summed E-state index contributed by atoms with van der Waals surface area (Å²) in [4.78, 5) is 0. The molecule has 0 aromatic heterocycles. The topological polar surface area (TPSA) is 38.7 Å². The van der Waals surface area contributed by atoms with Crippen LogP contribution in [0.4, 0.5) is 0 Å². The quantitative estimate of drug-likeness (QED) is 0.0976. The van der Waals surface area contributed by atoms with Gasteiger partial charge in [0, 0.05) is 6.61 Å². The normalized spacial score (nSPS) is 12.7. The highest BCUT2D eigenvalue weighted by Crippen LogP contribution is 2.13. The van der Waals surface area contributed by atoms with Gasteiger partial charge in [-0.25, -0.2) is 0 Å². The second-order valence-corrected chi connectivity index (χ2v) is 8.35. The Labute approximate surface area is 187 Å². The minimum atomic E-state index is -0.612. The molecule has 176 valence electrons. The van der Waals surface area contributed by atoms with Crippen molar-refractivity contribution in [2.45, 2.75) is 116 Å². The Hall–Kier alpha value is -1.06. The van der Waals surface area contributed by atoms with Crippen molar-refractivity contribution in [2.75, 3.05) is 19.8 Å². The molecule has 0 aliphatic heterocycles. The third kappa shape index (κ3) is 21.6. The summed E-state index contributed by atoms with van der Waals surface area (Å²) in [6.45, 7) is 10.8. The fourth-order valence-corrected chi connectivity index (χ4v) is 3.50. The van der Waals surface area contributed by atoms with E-state index in [1.165, 1.54) is 96.3 Å². The minimum Gasteiger partial charge on any atom is -0.491 e. The predicted octanol–water partition coefficient (Wildman–Crippen LogP) is 7.90. The van der Waals surface area contributed by atoms with Crippen LogP contribution < -0.4 is 0 Å². The van der Waals surface area contributed by atoms with Gasteiger partial charge in [-0.05, 0) is 18.6 Å². The van der Waals surface area contributed by atoms with E-state index in [2.05, 4.69) is 20.1 Å². The highest BCUT2D eigenvalue weighted by Gasteiger charge is 2.05. The number of hydrogen-bond donors (Lipinski definition) is 1. The van der Waals surface area contributed by atoms with E-state index in [1.54, 1.807) is 18.2 Å². The van der Waals surface area contributed by atoms with Gasteiger partial charge in [0.1, 0.15) is 18.5 Å². The van der Waals surface area contributed by atoms with Crippen LogP contribution in [0.1, 0.15) is 110 Å². The summed E-state index contributed by atoms with van der Waals surface area (Å²) in [7, 11) is 0. The number of hydrogen-bond acceptors (Lipinski definition) is 3. The lowest BCUT2D eigenvalue weighted by atomic mass is 10.0. The Bertz CT molecular complexity index is 403. The lowest BCUT2D eigenvalue weighted by Gasteiger charge is -2.13. The first kappa shape index (κ1) is 28.9. The zero-order valence-corrected chi connectivity index (χ0v) is 19.9. The van der Waals surface area contributed by atoms with Crippen LogP contribution in [-0.4, -0.2) is 31.0 Å². The van der Waals surface area contributed by atoms with Crippen LogP contribution >= 0.6 is 0 Å². The van der Waals surface area contributed by atoms with Crippen LogP contribution in [0.2, 0.25) is 0 Å². The lowest BCUT2D eigenvalue weighted by Crippen LogP contribution is -2.21. The maximum absolute atomic E-state index is 9.86. The SMILES string of the molecule is C=C/C=C(\C=C)OCC(O)COCCCCCCCCCCCCCCCCCC. The fraction of sp³-hybridized carbons (Fsp3) is 0.778. The Morgan fingerprint density at radius 3 is 1.63 bits per heavy atom. The summed E-state index contributed by atoms with van der Waals surface area (Å²) in [5.41, 5.74) is 0. The van der Waals surface area contributed by atoms with Gasteiger partial charge in [0.05, 0.1) is 6.61 Å². The van der Waals surface area contributed by atoms with Crippen molar-refractivity contribution in [3.05, 3.63) is 37.1 Å². The van der Waals surface area contributed by atoms with E-state index >= 15 is 0 Å². The van der Waals surface area contributed by atoms with Gasteiger partial charge in [0.2, 0.25) is 0 Å². The molecule has 0 amide bonds. The van der Waals surface area contributed by atoms with Crippen LogP contribution in [0.3, 0.4) is 0 Å². The van der Waals surface area contributed by atoms with Gasteiger partial charge < -0.3 is 14.6 Å². The largest absolute Gasteiger partial charge is 0.491 e. The number of unbranched alkanes of at least 4 members (excludes halogenated alkanes) is 15. The molecule has 1 unspecified atom stereocenters. The standard InChI is InChI=1S/C27H50O3/c1-4-7-8-9-10-11-12-13-14-15-16-17-18-19-20-21-23-29-24-26(28)25-30-27(6-3)22-5-2/h5-6,22,26,28H,2-4,7-21,23-25H2,1H3/b27-22+. The second-order valence-electron chi connectivity index (χ2n) is 8.35. The average Bonchev–Trinajstić information content (AvgIpc) is 2.75. The zero-order valence-electron chi connectivity index (χ0n) is 19.9. The molecule has 3 heteroatoms. The third-order valence-electron chi connectivity index (χ3n) is 5.38. The van der Waals surface area contributed by atoms with E-state index < -0.39 is 6.10 Å². The molecule has 0 heterocycles. The van der Waals surface area contributed by atoms with E-state index in [0.29, 0.717) is 19.0 Å². The zero-order chi connectivity index (χ0) is 22.1. The molecular weight excluding hydrogens is 372 g/mol. The highest BCUT2D eigenvalue weighted by molar-refractivity contribution is 5.14. The molecule has 0 saturated carbocycles. The number of ether oxygens (including phenoxy) is 2. The van der Waals surface area contributed by atoms with Gasteiger partial charge in [-0.2, -0.15) is 0 Å². The van der Waals surface area contributed by atoms with Gasteiger partial charge in [-0.1, -0.05) is 122 Å². The van der Waals surface area contributed by atoms with E-state index in [-0.39, 0.29) is 6.61 Å². The van der Waals surface area contributed by atoms with Crippen LogP contribution in [0.5, 0.6) is 0 Å². The first-order valence-electron chi connectivity index (χ1n) is 12.6. The molecule has 0 aromatic carbocycles. The molecule has 30 heavy (non-hydrogen) atoms. The van der Waals surface area contributed by atoms with Gasteiger partial charge in [0.25, 0.3) is 0 Å². The van der Waals surface area contributed by atoms with Crippen LogP contribution in [0.15, 0.2) is 37.1 Å². The van der Waals surface area contributed by atoms with Gasteiger partial charge in [-0.15, -0.1) is 0 Å². The fourth-order valence-electron chi connectivity index (χ4n) is 3.50. The Balaban J connectivity index is 3.23. The van der Waals surface area contributed by atoms with Crippen molar-refractivity contribution in [2.24, 2.45) is 0 Å². The highest BCUT2D eigenvalue weighted by atomic mass is 16.5. The lowest BCUT2D eigenvalue weighted by molar-refractivity contribution is -0.00194. The van der Waals surface area contributed by atoms with E-state index in [4.69, 9.17) is 9.47 Å². The van der Waals surface area contributed by atoms with E-state index in [1.807, 2.05) is 0 Å². The smallest absolute Gasteiger partial charge is 0.118 e. The molecule has 0 saturated heterocycles. The molecular formula is C27H50O3. The van der Waals surface area contributed by atoms with Gasteiger partial charge in [0.15, 0.2) is 0 Å². The van der Waals surface area contributed by atoms with Crippen molar-refractivity contribution < 1.29 is 14.6 Å². The number of allylic oxidation sites excluding steroid dienone is 3. The first-order chi connectivity index (χ1) is 14.7. The van der Waals surface area contributed by atoms with Crippen molar-refractivity contribution in [1.82, 2.24) is 0 Å². The average molecular weight is 423 g/mol. The summed E-state index contributed by atoms with van der Waals surface area (Å²) in [5, 5.41) is 9.86. The summed E-state index contributed by atoms with van der Waals surface area (Å²) in [5.74, 6) is 0.613. The number of aliphatic hydroxyl groups is 1. The Morgan fingerprint density at radius 1 is 0.733 bits per heavy atom. The van der Waals surface area contributed by atoms with Crippen molar-refractivity contribution in [3.8, 4) is 0 Å². The molecule has 1 atom stereocenters. The maximum Gasteiger partial charge on any atom is 0.118 e. The minimum absolute atomic E-state index is 0.213. The predicted molar refractivity (Wildman–Crippen MR) is 131 cm³/mol. The second kappa shape index (κ2) is 24.2. The van der Waals surface area contributed by atoms with Crippen molar-refractivity contribution >= 4 is 0 Å². The Morgan fingerprint density at radius 2 is 1.20 bits per heavy atom. The Kier molecular flexibility index (Phi) is 23.4. The summed E-state index contributed by atoms with van der Waals surface area (Å²) in [6.07, 6.45) is 26.3. The molecule has 0 fully saturated rings. The first-order valence-corrected chi connectivity index (χ1v) is 12.6. The summed E-state index contributed by atoms with van der Waals surface area (Å²) in [6, 6.07) is 0. The van der Waals surface area contributed by atoms with Crippen molar-refractivity contribution in [1.29, 1.82) is 0 Å². The molecule has 0 radical (unpaired) electrons. The molecule has 1 N–H and O–H groups in total. The van der Waals surface area contributed by atoms with Crippen LogP contribution in [0.25, 0.3) is 0 Å². The third-order valence-corrected chi connectivity index (χ3v) is 5.38. The molecule has 0 bridgehead atoms. The van der Waals surface area contributed by atoms with Crippen molar-refractivity contribution in [3.63, 3.8) is 0 Å². The summed E-state index contributed by atoms with van der Waals surface area (Å²) < 4.78 is 11.0. The molecule has 0 rings (SSSR count). The van der Waals surface area contributed by atoms with Crippen LogP contribution in [-0.2, 0) is 9.47 Å².